The third-order valence-electron chi connectivity index (χ3n) is 2.13. The number of methoxy groups -OCH3 is 1. The van der Waals surface area contributed by atoms with E-state index in [-0.39, 0.29) is 24.2 Å². The van der Waals surface area contributed by atoms with Gasteiger partial charge in [0.2, 0.25) is 0 Å². The summed E-state index contributed by atoms with van der Waals surface area (Å²) in [5, 5.41) is 9.77. The van der Waals surface area contributed by atoms with Crippen LogP contribution in [-0.2, 0) is 6.42 Å². The fourth-order valence-electron chi connectivity index (χ4n) is 1.42. The summed E-state index contributed by atoms with van der Waals surface area (Å²) in [7, 11) is 1.63. The summed E-state index contributed by atoms with van der Waals surface area (Å²) in [6.45, 7) is 1.91. The number of hydrogen-bond donors (Lipinski definition) is 2. The summed E-state index contributed by atoms with van der Waals surface area (Å²) < 4.78 is 5.24. The first-order chi connectivity index (χ1) is 7.08. The van der Waals surface area contributed by atoms with E-state index < -0.39 is 0 Å². The van der Waals surface area contributed by atoms with Gasteiger partial charge in [0.15, 0.2) is 0 Å². The van der Waals surface area contributed by atoms with Crippen LogP contribution in [0.3, 0.4) is 0 Å². The molecule has 3 N–H and O–H groups in total. The molecule has 0 bridgehead atoms. The number of ether oxygens (including phenoxy) is 1. The van der Waals surface area contributed by atoms with Crippen molar-refractivity contribution in [1.82, 2.24) is 0 Å². The van der Waals surface area contributed by atoms with Gasteiger partial charge < -0.3 is 15.6 Å². The zero-order chi connectivity index (χ0) is 11.4. The van der Waals surface area contributed by atoms with Gasteiger partial charge in [-0.1, -0.05) is 0 Å². The molecule has 1 aromatic rings. The molecule has 0 unspecified atom stereocenters. The summed E-state index contributed by atoms with van der Waals surface area (Å²) in [5.41, 5.74) is 6.53. The van der Waals surface area contributed by atoms with Gasteiger partial charge in [0.05, 0.1) is 12.0 Å². The molecule has 5 heteroatoms. The van der Waals surface area contributed by atoms with E-state index >= 15 is 0 Å². The SMILES string of the molecule is COc1cc(C[C@H](C)N)c(O)cc1SC.Cl. The fraction of sp³-hybridized carbons (Fsp3) is 0.455. The lowest BCUT2D eigenvalue weighted by Gasteiger charge is -2.12. The van der Waals surface area contributed by atoms with Crippen molar-refractivity contribution in [2.24, 2.45) is 5.73 Å². The van der Waals surface area contributed by atoms with Crippen molar-refractivity contribution in [1.29, 1.82) is 0 Å². The number of halogens is 1. The summed E-state index contributed by atoms with van der Waals surface area (Å²) >= 11 is 1.55. The zero-order valence-electron chi connectivity index (χ0n) is 9.69. The lowest BCUT2D eigenvalue weighted by Crippen LogP contribution is -2.17. The summed E-state index contributed by atoms with van der Waals surface area (Å²) in [4.78, 5) is 0.934. The van der Waals surface area contributed by atoms with Gasteiger partial charge in [0, 0.05) is 6.04 Å². The number of rotatable bonds is 4. The van der Waals surface area contributed by atoms with Crippen molar-refractivity contribution >= 4 is 24.2 Å². The van der Waals surface area contributed by atoms with Crippen LogP contribution in [0, 0.1) is 0 Å². The van der Waals surface area contributed by atoms with Crippen molar-refractivity contribution in [3.05, 3.63) is 17.7 Å². The van der Waals surface area contributed by atoms with Gasteiger partial charge in [-0.05, 0) is 37.3 Å². The van der Waals surface area contributed by atoms with Crippen LogP contribution in [0.5, 0.6) is 11.5 Å². The van der Waals surface area contributed by atoms with Gasteiger partial charge in [0.25, 0.3) is 0 Å². The average Bonchev–Trinajstić information content (AvgIpc) is 2.19. The Morgan fingerprint density at radius 3 is 2.56 bits per heavy atom. The highest BCUT2D eigenvalue weighted by atomic mass is 35.5. The van der Waals surface area contributed by atoms with E-state index in [2.05, 4.69) is 0 Å². The summed E-state index contributed by atoms with van der Waals surface area (Å²) in [6.07, 6.45) is 2.60. The molecule has 1 rings (SSSR count). The second-order valence-corrected chi connectivity index (χ2v) is 4.37. The Balaban J connectivity index is 0.00000225. The van der Waals surface area contributed by atoms with Crippen molar-refractivity contribution in [3.8, 4) is 11.5 Å². The molecule has 0 aliphatic carbocycles. The van der Waals surface area contributed by atoms with E-state index in [1.165, 1.54) is 0 Å². The van der Waals surface area contributed by atoms with Gasteiger partial charge in [0.1, 0.15) is 11.5 Å². The van der Waals surface area contributed by atoms with Crippen molar-refractivity contribution in [3.63, 3.8) is 0 Å². The monoisotopic (exact) mass is 263 g/mol. The van der Waals surface area contributed by atoms with Crippen LogP contribution >= 0.6 is 24.2 Å². The standard InChI is InChI=1S/C11H17NO2S.ClH/c1-7(12)4-8-5-10(14-2)11(15-3)6-9(8)13;/h5-7,13H,4,12H2,1-3H3;1H/t7-;/m0./s1. The van der Waals surface area contributed by atoms with Gasteiger partial charge in [-0.3, -0.25) is 0 Å². The van der Waals surface area contributed by atoms with E-state index in [1.54, 1.807) is 24.9 Å². The Kier molecular flexibility index (Phi) is 6.64. The highest BCUT2D eigenvalue weighted by molar-refractivity contribution is 7.98. The minimum absolute atomic E-state index is 0. The van der Waals surface area contributed by atoms with E-state index in [1.807, 2.05) is 19.2 Å². The predicted molar refractivity (Wildman–Crippen MR) is 71.0 cm³/mol. The van der Waals surface area contributed by atoms with E-state index in [9.17, 15) is 5.11 Å². The highest BCUT2D eigenvalue weighted by Crippen LogP contribution is 2.34. The van der Waals surface area contributed by atoms with E-state index in [0.29, 0.717) is 6.42 Å². The van der Waals surface area contributed by atoms with Gasteiger partial charge in [-0.2, -0.15) is 0 Å². The fourth-order valence-corrected chi connectivity index (χ4v) is 1.99. The Hall–Kier alpha value is -0.580. The van der Waals surface area contributed by atoms with Crippen molar-refractivity contribution in [2.75, 3.05) is 13.4 Å². The maximum atomic E-state index is 9.77. The van der Waals surface area contributed by atoms with Crippen molar-refractivity contribution in [2.45, 2.75) is 24.3 Å². The van der Waals surface area contributed by atoms with Crippen molar-refractivity contribution < 1.29 is 9.84 Å². The molecule has 0 saturated heterocycles. The van der Waals surface area contributed by atoms with Crippen LogP contribution in [0.25, 0.3) is 0 Å². The van der Waals surface area contributed by atoms with Crippen LogP contribution in [0.1, 0.15) is 12.5 Å². The molecular formula is C11H18ClNO2S. The smallest absolute Gasteiger partial charge is 0.132 e. The van der Waals surface area contributed by atoms with E-state index in [0.717, 1.165) is 16.2 Å². The van der Waals surface area contributed by atoms with Crippen LogP contribution in [0.4, 0.5) is 0 Å². The summed E-state index contributed by atoms with van der Waals surface area (Å²) in [6, 6.07) is 3.60. The Morgan fingerprint density at radius 2 is 2.12 bits per heavy atom. The molecule has 92 valence electrons. The highest BCUT2D eigenvalue weighted by Gasteiger charge is 2.10. The van der Waals surface area contributed by atoms with Gasteiger partial charge in [-0.15, -0.1) is 24.2 Å². The normalized spacial score (nSPS) is 11.8. The molecule has 16 heavy (non-hydrogen) atoms. The molecule has 0 saturated carbocycles. The molecule has 0 fully saturated rings. The molecule has 1 atom stereocenters. The Bertz CT molecular complexity index is 345. The second-order valence-electron chi connectivity index (χ2n) is 3.52. The van der Waals surface area contributed by atoms with Gasteiger partial charge >= 0.3 is 0 Å². The second kappa shape index (κ2) is 6.89. The van der Waals surface area contributed by atoms with Crippen LogP contribution in [0.15, 0.2) is 17.0 Å². The van der Waals surface area contributed by atoms with Crippen LogP contribution < -0.4 is 10.5 Å². The maximum Gasteiger partial charge on any atom is 0.132 e. The molecule has 1 aromatic carbocycles. The van der Waals surface area contributed by atoms with Crippen LogP contribution in [0.2, 0.25) is 0 Å². The largest absolute Gasteiger partial charge is 0.508 e. The molecule has 0 aliphatic rings. The summed E-state index contributed by atoms with van der Waals surface area (Å²) in [5.74, 6) is 1.08. The number of benzene rings is 1. The quantitative estimate of drug-likeness (QED) is 0.820. The Labute approximate surface area is 107 Å². The molecule has 0 spiro atoms. The lowest BCUT2D eigenvalue weighted by atomic mass is 10.1. The molecule has 0 aromatic heterocycles. The lowest BCUT2D eigenvalue weighted by molar-refractivity contribution is 0.399. The molecular weight excluding hydrogens is 246 g/mol. The van der Waals surface area contributed by atoms with E-state index in [4.69, 9.17) is 10.5 Å². The number of thioether (sulfide) groups is 1. The molecule has 0 heterocycles. The molecule has 0 radical (unpaired) electrons. The predicted octanol–water partition coefficient (Wildman–Crippen LogP) is 2.43. The topological polar surface area (TPSA) is 55.5 Å². The maximum absolute atomic E-state index is 9.77. The molecule has 0 aliphatic heterocycles. The zero-order valence-corrected chi connectivity index (χ0v) is 11.3. The third-order valence-corrected chi connectivity index (χ3v) is 2.89. The number of phenolic OH excluding ortho intramolecular Hbond substituents is 1. The number of aromatic hydroxyl groups is 1. The number of hydrogen-bond acceptors (Lipinski definition) is 4. The third kappa shape index (κ3) is 3.77. The minimum Gasteiger partial charge on any atom is -0.508 e. The first kappa shape index (κ1) is 15.4. The molecule has 0 amide bonds. The minimum atomic E-state index is 0. The number of phenols is 1. The first-order valence-electron chi connectivity index (χ1n) is 4.78. The van der Waals surface area contributed by atoms with Gasteiger partial charge in [-0.25, -0.2) is 0 Å². The average molecular weight is 264 g/mol. The Morgan fingerprint density at radius 1 is 1.50 bits per heavy atom. The first-order valence-corrected chi connectivity index (χ1v) is 6.00. The molecule has 3 nitrogen and oxygen atoms in total. The number of nitrogens with two attached hydrogens (primary N) is 1. The van der Waals surface area contributed by atoms with Crippen LogP contribution in [-0.4, -0.2) is 24.5 Å².